The fourth-order valence-electron chi connectivity index (χ4n) is 3.12. The van der Waals surface area contributed by atoms with Gasteiger partial charge in [-0.05, 0) is 55.5 Å². The summed E-state index contributed by atoms with van der Waals surface area (Å²) >= 11 is 5.61. The summed E-state index contributed by atoms with van der Waals surface area (Å²) in [5, 5.41) is 8.48. The summed E-state index contributed by atoms with van der Waals surface area (Å²) < 4.78 is 39.1. The predicted octanol–water partition coefficient (Wildman–Crippen LogP) is 7.00. The molecular weight excluding hydrogens is 455 g/mol. The van der Waals surface area contributed by atoms with Gasteiger partial charge in [0.2, 0.25) is 0 Å². The zero-order valence-corrected chi connectivity index (χ0v) is 17.9. The molecule has 1 aromatic heterocycles. The van der Waals surface area contributed by atoms with Gasteiger partial charge < -0.3 is 16.0 Å². The summed E-state index contributed by atoms with van der Waals surface area (Å²) in [4.78, 5) is 20.8. The normalized spacial score (nSPS) is 11.3. The lowest BCUT2D eigenvalue weighted by molar-refractivity contribution is -0.137. The van der Waals surface area contributed by atoms with Crippen LogP contribution < -0.4 is 16.0 Å². The number of halogens is 4. The van der Waals surface area contributed by atoms with Crippen LogP contribution >= 0.6 is 11.6 Å². The maximum atomic E-state index is 13.0. The first-order chi connectivity index (χ1) is 15.7. The fraction of sp³-hybridized carbons (Fsp3) is 0.0870. The van der Waals surface area contributed by atoms with Crippen molar-refractivity contribution in [2.75, 3.05) is 16.0 Å². The van der Waals surface area contributed by atoms with Crippen LogP contribution in [0.15, 0.2) is 67.0 Å². The number of amides is 2. The topological polar surface area (TPSA) is 78.9 Å². The monoisotopic (exact) mass is 471 g/mol. The molecule has 4 rings (SSSR count). The third kappa shape index (κ3) is 5.32. The molecule has 0 spiro atoms. The highest BCUT2D eigenvalue weighted by atomic mass is 35.5. The van der Waals surface area contributed by atoms with Crippen molar-refractivity contribution in [2.24, 2.45) is 0 Å². The largest absolute Gasteiger partial charge is 0.417 e. The molecule has 3 aromatic carbocycles. The lowest BCUT2D eigenvalue weighted by Gasteiger charge is -2.13. The molecule has 2 amide bonds. The van der Waals surface area contributed by atoms with E-state index < -0.39 is 22.8 Å². The number of alkyl halides is 3. The number of aryl methyl sites for hydroxylation is 1. The minimum absolute atomic E-state index is 0.0445. The molecule has 168 valence electrons. The molecule has 0 fully saturated rings. The standard InChI is InChI=1S/C23H17ClF3N5O/c1-13-2-4-14(5-3-13)30-21-17-8-6-16(11-20(17)28-12-29-21)32-22(33)31-15-7-9-19(24)18(10-15)23(25,26)27/h2-12H,1H3,(H,28,29,30)(H2,31,32,33). The van der Waals surface area contributed by atoms with Crippen LogP contribution in [0.25, 0.3) is 10.9 Å². The van der Waals surface area contributed by atoms with Crippen molar-refractivity contribution in [2.45, 2.75) is 13.1 Å². The average Bonchev–Trinajstić information content (AvgIpc) is 2.76. The molecule has 0 atom stereocenters. The highest BCUT2D eigenvalue weighted by molar-refractivity contribution is 6.31. The second kappa shape index (κ2) is 8.95. The molecule has 6 nitrogen and oxygen atoms in total. The number of urea groups is 1. The van der Waals surface area contributed by atoms with E-state index in [0.29, 0.717) is 17.0 Å². The Labute approximate surface area is 191 Å². The van der Waals surface area contributed by atoms with Crippen molar-refractivity contribution in [1.82, 2.24) is 9.97 Å². The SMILES string of the molecule is Cc1ccc(Nc2ncnc3cc(NC(=O)Nc4ccc(Cl)c(C(F)(F)F)c4)ccc23)cc1. The molecule has 0 saturated carbocycles. The van der Waals surface area contributed by atoms with E-state index in [1.165, 1.54) is 12.4 Å². The Balaban J connectivity index is 1.50. The summed E-state index contributed by atoms with van der Waals surface area (Å²) in [5.74, 6) is 0.598. The van der Waals surface area contributed by atoms with Crippen LogP contribution in [-0.2, 0) is 6.18 Å². The van der Waals surface area contributed by atoms with Crippen LogP contribution in [-0.4, -0.2) is 16.0 Å². The van der Waals surface area contributed by atoms with Crippen molar-refractivity contribution in [3.05, 3.63) is 83.1 Å². The molecule has 0 aliphatic heterocycles. The highest BCUT2D eigenvalue weighted by Crippen LogP contribution is 2.36. The molecule has 0 radical (unpaired) electrons. The number of nitrogens with zero attached hydrogens (tertiary/aromatic N) is 2. The molecule has 0 unspecified atom stereocenters. The van der Waals surface area contributed by atoms with Gasteiger partial charge in [-0.1, -0.05) is 29.3 Å². The quantitative estimate of drug-likeness (QED) is 0.299. The molecule has 0 saturated heterocycles. The van der Waals surface area contributed by atoms with Crippen molar-refractivity contribution >= 4 is 51.4 Å². The van der Waals surface area contributed by atoms with Crippen LogP contribution in [0.4, 0.5) is 40.8 Å². The summed E-state index contributed by atoms with van der Waals surface area (Å²) in [6.45, 7) is 2.00. The van der Waals surface area contributed by atoms with Gasteiger partial charge in [-0.25, -0.2) is 14.8 Å². The van der Waals surface area contributed by atoms with E-state index in [9.17, 15) is 18.0 Å². The summed E-state index contributed by atoms with van der Waals surface area (Å²) in [6.07, 6.45) is -3.23. The molecule has 33 heavy (non-hydrogen) atoms. The lowest BCUT2D eigenvalue weighted by atomic mass is 10.2. The number of hydrogen-bond acceptors (Lipinski definition) is 4. The number of carbonyl (C=O) groups is 1. The number of nitrogens with one attached hydrogen (secondary N) is 3. The van der Waals surface area contributed by atoms with E-state index in [1.807, 2.05) is 31.2 Å². The first kappa shape index (κ1) is 22.3. The minimum Gasteiger partial charge on any atom is -0.340 e. The maximum absolute atomic E-state index is 13.0. The van der Waals surface area contributed by atoms with Gasteiger partial charge >= 0.3 is 12.2 Å². The van der Waals surface area contributed by atoms with Crippen LogP contribution in [0.1, 0.15) is 11.1 Å². The number of hydrogen-bond donors (Lipinski definition) is 3. The van der Waals surface area contributed by atoms with Crippen molar-refractivity contribution in [3.8, 4) is 0 Å². The second-order valence-corrected chi connectivity index (χ2v) is 7.62. The zero-order chi connectivity index (χ0) is 23.6. The molecule has 4 aromatic rings. The number of benzene rings is 3. The minimum atomic E-state index is -4.63. The number of anilines is 4. The van der Waals surface area contributed by atoms with Gasteiger partial charge in [-0.3, -0.25) is 0 Å². The van der Waals surface area contributed by atoms with E-state index in [4.69, 9.17) is 11.6 Å². The molecular formula is C23H17ClF3N5O. The van der Waals surface area contributed by atoms with E-state index in [0.717, 1.165) is 28.8 Å². The van der Waals surface area contributed by atoms with Crippen LogP contribution in [0.5, 0.6) is 0 Å². The lowest BCUT2D eigenvalue weighted by Crippen LogP contribution is -2.20. The van der Waals surface area contributed by atoms with Gasteiger partial charge in [0.25, 0.3) is 0 Å². The Morgan fingerprint density at radius 2 is 1.52 bits per heavy atom. The van der Waals surface area contributed by atoms with Gasteiger partial charge in [0, 0.05) is 22.4 Å². The summed E-state index contributed by atoms with van der Waals surface area (Å²) in [6, 6.07) is 15.3. The van der Waals surface area contributed by atoms with Crippen LogP contribution in [0.3, 0.4) is 0 Å². The van der Waals surface area contributed by atoms with E-state index in [1.54, 1.807) is 18.2 Å². The first-order valence-electron chi connectivity index (χ1n) is 9.72. The Morgan fingerprint density at radius 3 is 2.21 bits per heavy atom. The van der Waals surface area contributed by atoms with Gasteiger partial charge in [-0.15, -0.1) is 0 Å². The average molecular weight is 472 g/mol. The highest BCUT2D eigenvalue weighted by Gasteiger charge is 2.33. The number of carbonyl (C=O) groups excluding carboxylic acids is 1. The van der Waals surface area contributed by atoms with Crippen LogP contribution in [0, 0.1) is 6.92 Å². The molecule has 1 heterocycles. The summed E-state index contributed by atoms with van der Waals surface area (Å²) in [7, 11) is 0. The molecule has 10 heteroatoms. The predicted molar refractivity (Wildman–Crippen MR) is 123 cm³/mol. The molecule has 0 bridgehead atoms. The number of aromatic nitrogens is 2. The van der Waals surface area contributed by atoms with Gasteiger partial charge in [0.05, 0.1) is 16.1 Å². The Hall–Kier alpha value is -3.85. The van der Waals surface area contributed by atoms with E-state index in [-0.39, 0.29) is 5.69 Å². The van der Waals surface area contributed by atoms with Crippen LogP contribution in [0.2, 0.25) is 5.02 Å². The van der Waals surface area contributed by atoms with Crippen molar-refractivity contribution in [3.63, 3.8) is 0 Å². The summed E-state index contributed by atoms with van der Waals surface area (Å²) in [5.41, 5.74) is 1.90. The Morgan fingerprint density at radius 1 is 0.879 bits per heavy atom. The van der Waals surface area contributed by atoms with E-state index >= 15 is 0 Å². The van der Waals surface area contributed by atoms with E-state index in [2.05, 4.69) is 25.9 Å². The Bertz CT molecular complexity index is 1330. The van der Waals surface area contributed by atoms with Crippen molar-refractivity contribution < 1.29 is 18.0 Å². The second-order valence-electron chi connectivity index (χ2n) is 7.22. The first-order valence-corrected chi connectivity index (χ1v) is 10.1. The van der Waals surface area contributed by atoms with Crippen molar-refractivity contribution in [1.29, 1.82) is 0 Å². The van der Waals surface area contributed by atoms with Gasteiger partial charge in [-0.2, -0.15) is 13.2 Å². The molecule has 0 aliphatic rings. The zero-order valence-electron chi connectivity index (χ0n) is 17.2. The van der Waals surface area contributed by atoms with Gasteiger partial charge in [0.1, 0.15) is 12.1 Å². The fourth-order valence-corrected chi connectivity index (χ4v) is 3.35. The third-order valence-electron chi connectivity index (χ3n) is 4.74. The molecule has 0 aliphatic carbocycles. The maximum Gasteiger partial charge on any atom is 0.417 e. The smallest absolute Gasteiger partial charge is 0.340 e. The third-order valence-corrected chi connectivity index (χ3v) is 5.07. The number of rotatable bonds is 4. The van der Waals surface area contributed by atoms with Gasteiger partial charge in [0.15, 0.2) is 0 Å². The molecule has 3 N–H and O–H groups in total. The number of fused-ring (bicyclic) bond motifs is 1. The Kier molecular flexibility index (Phi) is 6.06.